The molecule has 0 aliphatic rings. The number of rotatable bonds is 8. The zero-order valence-electron chi connectivity index (χ0n) is 16.1. The van der Waals surface area contributed by atoms with Crippen molar-refractivity contribution in [3.8, 4) is 0 Å². The van der Waals surface area contributed by atoms with Crippen molar-refractivity contribution in [1.29, 1.82) is 0 Å². The predicted octanol–water partition coefficient (Wildman–Crippen LogP) is 5.00. The Labute approximate surface area is 160 Å². The quantitative estimate of drug-likeness (QED) is 0.709. The Morgan fingerprint density at radius 2 is 1.81 bits per heavy atom. The Hall–Kier alpha value is -2.14. The Kier molecular flexibility index (Phi) is 7.39. The second-order valence-electron chi connectivity index (χ2n) is 6.17. The fourth-order valence-electron chi connectivity index (χ4n) is 2.93. The maximum atomic E-state index is 12.6. The molecule has 5 heteroatoms. The highest BCUT2D eigenvalue weighted by molar-refractivity contribution is 7.14. The van der Waals surface area contributed by atoms with E-state index in [1.165, 1.54) is 10.4 Å². The summed E-state index contributed by atoms with van der Waals surface area (Å²) in [6, 6.07) is 9.16. The Morgan fingerprint density at radius 3 is 2.42 bits per heavy atom. The van der Waals surface area contributed by atoms with Crippen LogP contribution in [0.4, 0.5) is 5.69 Å². The topological polar surface area (TPSA) is 49.4 Å². The standard InChI is InChI=1S/C21H28N2O2S/c1-5-10-18-15(6-2)14-19(26-18)20(24)22-17-12-9-11-16(13-17)21(25)23(7-3)8-4/h9,11-14H,5-8,10H2,1-4H3,(H,22,24). The van der Waals surface area contributed by atoms with Crippen LogP contribution >= 0.6 is 11.3 Å². The Bertz CT molecular complexity index is 763. The van der Waals surface area contributed by atoms with Gasteiger partial charge in [0.25, 0.3) is 11.8 Å². The second-order valence-corrected chi connectivity index (χ2v) is 7.31. The molecule has 0 atom stereocenters. The van der Waals surface area contributed by atoms with E-state index in [1.54, 1.807) is 34.4 Å². The van der Waals surface area contributed by atoms with Gasteiger partial charge in [0.15, 0.2) is 0 Å². The average Bonchev–Trinajstić information content (AvgIpc) is 3.06. The molecule has 2 aromatic rings. The molecule has 0 saturated carbocycles. The maximum absolute atomic E-state index is 12.6. The zero-order chi connectivity index (χ0) is 19.1. The molecule has 2 amide bonds. The highest BCUT2D eigenvalue weighted by Crippen LogP contribution is 2.25. The van der Waals surface area contributed by atoms with Crippen molar-refractivity contribution in [3.63, 3.8) is 0 Å². The second kappa shape index (κ2) is 9.53. The van der Waals surface area contributed by atoms with Gasteiger partial charge in [-0.15, -0.1) is 11.3 Å². The van der Waals surface area contributed by atoms with E-state index in [0.717, 1.165) is 24.1 Å². The first-order chi connectivity index (χ1) is 12.5. The molecule has 4 nitrogen and oxygen atoms in total. The van der Waals surface area contributed by atoms with E-state index < -0.39 is 0 Å². The van der Waals surface area contributed by atoms with Gasteiger partial charge >= 0.3 is 0 Å². The van der Waals surface area contributed by atoms with Gasteiger partial charge in [-0.1, -0.05) is 26.3 Å². The van der Waals surface area contributed by atoms with Crippen molar-refractivity contribution in [1.82, 2.24) is 4.90 Å². The van der Waals surface area contributed by atoms with Crippen molar-refractivity contribution < 1.29 is 9.59 Å². The number of benzene rings is 1. The number of carbonyl (C=O) groups is 2. The number of thiophene rings is 1. The average molecular weight is 373 g/mol. The van der Waals surface area contributed by atoms with Gasteiger partial charge in [-0.25, -0.2) is 0 Å². The minimum Gasteiger partial charge on any atom is -0.339 e. The zero-order valence-corrected chi connectivity index (χ0v) is 16.9. The predicted molar refractivity (Wildman–Crippen MR) is 109 cm³/mol. The smallest absolute Gasteiger partial charge is 0.265 e. The van der Waals surface area contributed by atoms with Crippen molar-refractivity contribution in [3.05, 3.63) is 51.2 Å². The molecule has 1 aromatic carbocycles. The summed E-state index contributed by atoms with van der Waals surface area (Å²) in [4.78, 5) is 28.9. The first kappa shape index (κ1) is 20.2. The van der Waals surface area contributed by atoms with Gasteiger partial charge in [0.2, 0.25) is 0 Å². The molecular weight excluding hydrogens is 344 g/mol. The largest absolute Gasteiger partial charge is 0.339 e. The van der Waals surface area contributed by atoms with Crippen LogP contribution in [0.1, 0.15) is 64.6 Å². The summed E-state index contributed by atoms with van der Waals surface area (Å²) >= 11 is 1.57. The number of hydrogen-bond acceptors (Lipinski definition) is 3. The molecule has 26 heavy (non-hydrogen) atoms. The lowest BCUT2D eigenvalue weighted by Crippen LogP contribution is -2.30. The molecule has 1 heterocycles. The van der Waals surface area contributed by atoms with E-state index in [2.05, 4.69) is 19.2 Å². The van der Waals surface area contributed by atoms with Gasteiger partial charge < -0.3 is 10.2 Å². The van der Waals surface area contributed by atoms with E-state index in [0.29, 0.717) is 24.3 Å². The first-order valence-corrected chi connectivity index (χ1v) is 10.2. The third-order valence-electron chi connectivity index (χ3n) is 4.40. The number of aryl methyl sites for hydroxylation is 2. The summed E-state index contributed by atoms with van der Waals surface area (Å²) in [5.74, 6) is -0.125. The molecule has 1 N–H and O–H groups in total. The third-order valence-corrected chi connectivity index (χ3v) is 5.63. The fraction of sp³-hybridized carbons (Fsp3) is 0.429. The van der Waals surface area contributed by atoms with Crippen LogP contribution in [-0.2, 0) is 12.8 Å². The van der Waals surface area contributed by atoms with Crippen LogP contribution in [0.25, 0.3) is 0 Å². The molecule has 1 aromatic heterocycles. The number of carbonyl (C=O) groups excluding carboxylic acids is 2. The molecule has 0 aliphatic heterocycles. The van der Waals surface area contributed by atoms with Crippen molar-refractivity contribution in [2.45, 2.75) is 47.0 Å². The summed E-state index contributed by atoms with van der Waals surface area (Å²) in [6.07, 6.45) is 3.02. The molecular formula is C21H28N2O2S. The van der Waals surface area contributed by atoms with Gasteiger partial charge in [-0.2, -0.15) is 0 Å². The van der Waals surface area contributed by atoms with Crippen LogP contribution in [0, 0.1) is 0 Å². The van der Waals surface area contributed by atoms with Crippen LogP contribution in [0.3, 0.4) is 0 Å². The Morgan fingerprint density at radius 1 is 1.08 bits per heavy atom. The first-order valence-electron chi connectivity index (χ1n) is 9.36. The summed E-state index contributed by atoms with van der Waals surface area (Å²) in [5.41, 5.74) is 2.50. The van der Waals surface area contributed by atoms with E-state index in [-0.39, 0.29) is 11.8 Å². The van der Waals surface area contributed by atoms with Gasteiger partial charge in [0.05, 0.1) is 4.88 Å². The van der Waals surface area contributed by atoms with Gasteiger partial charge in [-0.3, -0.25) is 9.59 Å². The van der Waals surface area contributed by atoms with Crippen LogP contribution in [0.2, 0.25) is 0 Å². The minimum absolute atomic E-state index is 0.0132. The lowest BCUT2D eigenvalue weighted by atomic mass is 10.1. The normalized spacial score (nSPS) is 10.6. The monoisotopic (exact) mass is 372 g/mol. The van der Waals surface area contributed by atoms with Gasteiger partial charge in [0.1, 0.15) is 0 Å². The number of nitrogens with one attached hydrogen (secondary N) is 1. The molecule has 0 spiro atoms. The molecule has 0 unspecified atom stereocenters. The fourth-order valence-corrected chi connectivity index (χ4v) is 4.18. The molecule has 0 bridgehead atoms. The lowest BCUT2D eigenvalue weighted by Gasteiger charge is -2.18. The van der Waals surface area contributed by atoms with Crippen LogP contribution in [0.15, 0.2) is 30.3 Å². The van der Waals surface area contributed by atoms with Crippen LogP contribution in [0.5, 0.6) is 0 Å². The number of nitrogens with zero attached hydrogens (tertiary/aromatic N) is 1. The molecule has 0 aliphatic carbocycles. The molecule has 0 fully saturated rings. The van der Waals surface area contributed by atoms with E-state index >= 15 is 0 Å². The third kappa shape index (κ3) is 4.73. The summed E-state index contributed by atoms with van der Waals surface area (Å²) in [7, 11) is 0. The number of hydrogen-bond donors (Lipinski definition) is 1. The van der Waals surface area contributed by atoms with Crippen LogP contribution < -0.4 is 5.32 Å². The summed E-state index contributed by atoms with van der Waals surface area (Å²) < 4.78 is 0. The number of anilines is 1. The van der Waals surface area contributed by atoms with E-state index in [4.69, 9.17) is 0 Å². The van der Waals surface area contributed by atoms with E-state index in [1.807, 2.05) is 26.0 Å². The minimum atomic E-state index is -0.112. The molecule has 140 valence electrons. The summed E-state index contributed by atoms with van der Waals surface area (Å²) in [5, 5.41) is 2.94. The van der Waals surface area contributed by atoms with Gasteiger partial charge in [-0.05, 0) is 56.5 Å². The van der Waals surface area contributed by atoms with Crippen molar-refractivity contribution >= 4 is 28.8 Å². The van der Waals surface area contributed by atoms with Gasteiger partial charge in [0, 0.05) is 29.2 Å². The number of amides is 2. The molecule has 2 rings (SSSR count). The highest BCUT2D eigenvalue weighted by Gasteiger charge is 2.16. The Balaban J connectivity index is 2.17. The highest BCUT2D eigenvalue weighted by atomic mass is 32.1. The lowest BCUT2D eigenvalue weighted by molar-refractivity contribution is 0.0772. The SMILES string of the molecule is CCCc1sc(C(=O)Nc2cccc(C(=O)N(CC)CC)c2)cc1CC. The molecule has 0 saturated heterocycles. The van der Waals surface area contributed by atoms with Crippen molar-refractivity contribution in [2.24, 2.45) is 0 Å². The van der Waals surface area contributed by atoms with Crippen LogP contribution in [-0.4, -0.2) is 29.8 Å². The molecule has 0 radical (unpaired) electrons. The van der Waals surface area contributed by atoms with Crippen molar-refractivity contribution in [2.75, 3.05) is 18.4 Å². The van der Waals surface area contributed by atoms with E-state index in [9.17, 15) is 9.59 Å². The maximum Gasteiger partial charge on any atom is 0.265 e. The summed E-state index contributed by atoms with van der Waals surface area (Å²) in [6.45, 7) is 9.52.